The van der Waals surface area contributed by atoms with Crippen LogP contribution in [0.5, 0.6) is 5.88 Å². The number of nitrogens with zero attached hydrogens (tertiary/aromatic N) is 5. The second-order valence-electron chi connectivity index (χ2n) is 5.55. The Kier molecular flexibility index (Phi) is 5.03. The Morgan fingerprint density at radius 2 is 2.20 bits per heavy atom. The Balaban J connectivity index is 1.77. The summed E-state index contributed by atoms with van der Waals surface area (Å²) >= 11 is 1.50. The van der Waals surface area contributed by atoms with Crippen LogP contribution in [-0.2, 0) is 6.54 Å². The molecule has 0 spiro atoms. The highest BCUT2D eigenvalue weighted by atomic mass is 32.1. The molecule has 0 aromatic carbocycles. The molecule has 0 saturated heterocycles. The number of carbonyl (C=O) groups is 1. The Labute approximate surface area is 148 Å². The molecule has 25 heavy (non-hydrogen) atoms. The van der Waals surface area contributed by atoms with Crippen LogP contribution in [0.1, 0.15) is 34.9 Å². The molecular formula is C16H18N6O2S. The lowest BCUT2D eigenvalue weighted by Crippen LogP contribution is -2.23. The lowest BCUT2D eigenvalue weighted by molar-refractivity contribution is 0.0950. The van der Waals surface area contributed by atoms with Gasteiger partial charge in [0.25, 0.3) is 5.91 Å². The third-order valence-electron chi connectivity index (χ3n) is 3.34. The average Bonchev–Trinajstić information content (AvgIpc) is 3.22. The van der Waals surface area contributed by atoms with Gasteiger partial charge >= 0.3 is 0 Å². The largest absolute Gasteiger partial charge is 0.475 e. The standard InChI is InChI=1S/C16H18N6O2S/c1-10(2)24-14-6-13(19-9-20-14)22-11(3)12(7-21-22)16(23)18-8-15-17-4-5-25-15/h4-7,9-10H,8H2,1-3H3,(H,18,23). The number of hydrogen-bond donors (Lipinski definition) is 1. The minimum absolute atomic E-state index is 0.00803. The molecule has 0 saturated carbocycles. The first-order chi connectivity index (χ1) is 12.0. The first-order valence-electron chi connectivity index (χ1n) is 7.75. The van der Waals surface area contributed by atoms with Crippen molar-refractivity contribution in [1.82, 2.24) is 30.0 Å². The zero-order valence-corrected chi connectivity index (χ0v) is 14.9. The van der Waals surface area contributed by atoms with Crippen LogP contribution < -0.4 is 10.1 Å². The number of nitrogens with one attached hydrogen (secondary N) is 1. The summed E-state index contributed by atoms with van der Waals surface area (Å²) in [6, 6.07) is 1.69. The van der Waals surface area contributed by atoms with Gasteiger partial charge in [-0.15, -0.1) is 11.3 Å². The Bertz CT molecular complexity index is 859. The van der Waals surface area contributed by atoms with Crippen LogP contribution in [0.25, 0.3) is 5.82 Å². The molecule has 9 heteroatoms. The van der Waals surface area contributed by atoms with Gasteiger partial charge in [-0.2, -0.15) is 5.10 Å². The van der Waals surface area contributed by atoms with Crippen LogP contribution in [0.4, 0.5) is 0 Å². The highest BCUT2D eigenvalue weighted by Gasteiger charge is 2.16. The minimum atomic E-state index is -0.202. The molecule has 1 N–H and O–H groups in total. The molecule has 130 valence electrons. The molecule has 3 aromatic rings. The summed E-state index contributed by atoms with van der Waals surface area (Å²) in [6.45, 7) is 6.05. The smallest absolute Gasteiger partial charge is 0.255 e. The van der Waals surface area contributed by atoms with E-state index >= 15 is 0 Å². The molecule has 0 atom stereocenters. The topological polar surface area (TPSA) is 94.8 Å². The molecule has 0 fully saturated rings. The van der Waals surface area contributed by atoms with Gasteiger partial charge in [0, 0.05) is 17.6 Å². The quantitative estimate of drug-likeness (QED) is 0.725. The first kappa shape index (κ1) is 17.0. The summed E-state index contributed by atoms with van der Waals surface area (Å²) in [6.07, 6.45) is 4.66. The van der Waals surface area contributed by atoms with E-state index in [4.69, 9.17) is 4.74 Å². The van der Waals surface area contributed by atoms with Crippen LogP contribution in [0.3, 0.4) is 0 Å². The molecule has 0 radical (unpaired) electrons. The molecule has 1 amide bonds. The van der Waals surface area contributed by atoms with Gasteiger partial charge in [0.1, 0.15) is 11.3 Å². The van der Waals surface area contributed by atoms with E-state index in [1.54, 1.807) is 16.9 Å². The fourth-order valence-electron chi connectivity index (χ4n) is 2.21. The van der Waals surface area contributed by atoms with Crippen molar-refractivity contribution in [3.8, 4) is 11.7 Å². The minimum Gasteiger partial charge on any atom is -0.475 e. The zero-order valence-electron chi connectivity index (χ0n) is 14.1. The lowest BCUT2D eigenvalue weighted by atomic mass is 10.2. The highest BCUT2D eigenvalue weighted by Crippen LogP contribution is 2.16. The monoisotopic (exact) mass is 358 g/mol. The average molecular weight is 358 g/mol. The van der Waals surface area contributed by atoms with Crippen molar-refractivity contribution in [2.45, 2.75) is 33.4 Å². The Morgan fingerprint density at radius 3 is 2.92 bits per heavy atom. The second-order valence-corrected chi connectivity index (χ2v) is 6.52. The summed E-state index contributed by atoms with van der Waals surface area (Å²) in [5.41, 5.74) is 1.17. The van der Waals surface area contributed by atoms with Crippen molar-refractivity contribution in [2.75, 3.05) is 0 Å². The fourth-order valence-corrected chi connectivity index (χ4v) is 2.76. The second kappa shape index (κ2) is 7.39. The zero-order chi connectivity index (χ0) is 17.8. The molecule has 3 heterocycles. The fraction of sp³-hybridized carbons (Fsp3) is 0.312. The third kappa shape index (κ3) is 4.00. The van der Waals surface area contributed by atoms with E-state index in [0.29, 0.717) is 29.5 Å². The number of hydrogen-bond acceptors (Lipinski definition) is 7. The van der Waals surface area contributed by atoms with Gasteiger partial charge in [0.15, 0.2) is 5.82 Å². The van der Waals surface area contributed by atoms with Gasteiger partial charge in [0.05, 0.1) is 30.1 Å². The number of aromatic nitrogens is 5. The van der Waals surface area contributed by atoms with Crippen molar-refractivity contribution in [3.05, 3.63) is 46.4 Å². The number of rotatable bonds is 6. The number of ether oxygens (including phenoxy) is 1. The van der Waals surface area contributed by atoms with Gasteiger partial charge in [-0.05, 0) is 20.8 Å². The van der Waals surface area contributed by atoms with E-state index in [1.165, 1.54) is 23.9 Å². The van der Waals surface area contributed by atoms with Crippen molar-refractivity contribution >= 4 is 17.2 Å². The van der Waals surface area contributed by atoms with Crippen molar-refractivity contribution in [1.29, 1.82) is 0 Å². The first-order valence-corrected chi connectivity index (χ1v) is 8.63. The predicted octanol–water partition coefficient (Wildman–Crippen LogP) is 2.14. The van der Waals surface area contributed by atoms with Gasteiger partial charge < -0.3 is 10.1 Å². The van der Waals surface area contributed by atoms with Crippen LogP contribution in [-0.4, -0.2) is 36.7 Å². The van der Waals surface area contributed by atoms with E-state index < -0.39 is 0 Å². The summed E-state index contributed by atoms with van der Waals surface area (Å²) in [5.74, 6) is 0.804. The van der Waals surface area contributed by atoms with Crippen LogP contribution in [0.15, 0.2) is 30.2 Å². The number of thiazole rings is 1. The molecule has 0 aliphatic heterocycles. The SMILES string of the molecule is Cc1c(C(=O)NCc2nccs2)cnn1-c1cc(OC(C)C)ncn1. The maximum atomic E-state index is 12.4. The molecular weight excluding hydrogens is 340 g/mol. The van der Waals surface area contributed by atoms with Crippen LogP contribution in [0.2, 0.25) is 0 Å². The van der Waals surface area contributed by atoms with E-state index in [0.717, 1.165) is 5.01 Å². The maximum Gasteiger partial charge on any atom is 0.255 e. The normalized spacial score (nSPS) is 10.9. The highest BCUT2D eigenvalue weighted by molar-refractivity contribution is 7.09. The molecule has 3 aromatic heterocycles. The van der Waals surface area contributed by atoms with Crippen molar-refractivity contribution in [3.63, 3.8) is 0 Å². The predicted molar refractivity (Wildman–Crippen MR) is 92.9 cm³/mol. The summed E-state index contributed by atoms with van der Waals surface area (Å²) < 4.78 is 7.16. The molecule has 0 bridgehead atoms. The van der Waals surface area contributed by atoms with E-state index in [9.17, 15) is 4.79 Å². The van der Waals surface area contributed by atoms with E-state index in [2.05, 4.69) is 25.4 Å². The molecule has 0 unspecified atom stereocenters. The molecule has 8 nitrogen and oxygen atoms in total. The van der Waals surface area contributed by atoms with E-state index in [1.807, 2.05) is 26.2 Å². The van der Waals surface area contributed by atoms with E-state index in [-0.39, 0.29) is 12.0 Å². The summed E-state index contributed by atoms with van der Waals surface area (Å²) in [7, 11) is 0. The van der Waals surface area contributed by atoms with Gasteiger partial charge in [-0.25, -0.2) is 19.6 Å². The molecule has 0 aliphatic carbocycles. The lowest BCUT2D eigenvalue weighted by Gasteiger charge is -2.10. The maximum absolute atomic E-state index is 12.4. The summed E-state index contributed by atoms with van der Waals surface area (Å²) in [5, 5.41) is 9.84. The van der Waals surface area contributed by atoms with Gasteiger partial charge in [0.2, 0.25) is 5.88 Å². The van der Waals surface area contributed by atoms with Crippen LogP contribution in [0, 0.1) is 6.92 Å². The number of amides is 1. The molecule has 0 aliphatic rings. The van der Waals surface area contributed by atoms with Gasteiger partial charge in [-0.3, -0.25) is 4.79 Å². The van der Waals surface area contributed by atoms with Crippen LogP contribution >= 0.6 is 11.3 Å². The summed E-state index contributed by atoms with van der Waals surface area (Å²) in [4.78, 5) is 24.8. The number of carbonyl (C=O) groups excluding carboxylic acids is 1. The third-order valence-corrected chi connectivity index (χ3v) is 4.12. The van der Waals surface area contributed by atoms with Crippen molar-refractivity contribution < 1.29 is 9.53 Å². The molecule has 3 rings (SSSR count). The Hall–Kier alpha value is -2.81. The Morgan fingerprint density at radius 1 is 1.36 bits per heavy atom. The van der Waals surface area contributed by atoms with Gasteiger partial charge in [-0.1, -0.05) is 0 Å². The van der Waals surface area contributed by atoms with Crippen molar-refractivity contribution in [2.24, 2.45) is 0 Å².